The van der Waals surface area contributed by atoms with Gasteiger partial charge in [-0.1, -0.05) is 25.5 Å². The van der Waals surface area contributed by atoms with Gasteiger partial charge in [0.15, 0.2) is 0 Å². The van der Waals surface area contributed by atoms with E-state index >= 15 is 0 Å². The molecule has 5 atom stereocenters. The molecule has 1 aromatic heterocycles. The van der Waals surface area contributed by atoms with Crippen LogP contribution in [0.4, 0.5) is 5.00 Å². The molecule has 2 bridgehead atoms. The van der Waals surface area contributed by atoms with E-state index in [9.17, 15) is 19.5 Å². The van der Waals surface area contributed by atoms with E-state index in [0.29, 0.717) is 22.9 Å². The molecular weight excluding hydrogens is 378 g/mol. The van der Waals surface area contributed by atoms with Gasteiger partial charge in [0.05, 0.1) is 24.5 Å². The number of fused-ring (bicyclic) bond motifs is 3. The zero-order valence-electron chi connectivity index (χ0n) is 16.1. The van der Waals surface area contributed by atoms with Crippen LogP contribution in [0.2, 0.25) is 0 Å². The summed E-state index contributed by atoms with van der Waals surface area (Å²) in [5.41, 5.74) is 1.44. The quantitative estimate of drug-likeness (QED) is 0.580. The lowest BCUT2D eigenvalue weighted by atomic mass is 9.82. The van der Waals surface area contributed by atoms with Crippen molar-refractivity contribution in [2.45, 2.75) is 39.0 Å². The molecule has 1 heterocycles. The van der Waals surface area contributed by atoms with Gasteiger partial charge in [0.25, 0.3) is 0 Å². The van der Waals surface area contributed by atoms with Crippen LogP contribution >= 0.6 is 11.3 Å². The van der Waals surface area contributed by atoms with E-state index in [0.717, 1.165) is 36.1 Å². The van der Waals surface area contributed by atoms with Crippen LogP contribution in [0.3, 0.4) is 0 Å². The lowest BCUT2D eigenvalue weighted by molar-refractivity contribution is -0.146. The number of allylic oxidation sites excluding steroid dienone is 2. The summed E-state index contributed by atoms with van der Waals surface area (Å²) in [5.74, 6) is -2.51. The third kappa shape index (κ3) is 3.05. The number of carboxylic acid groups (broad SMARTS) is 1. The van der Waals surface area contributed by atoms with Crippen LogP contribution in [0, 0.1) is 29.6 Å². The van der Waals surface area contributed by atoms with E-state index in [1.54, 1.807) is 0 Å². The lowest BCUT2D eigenvalue weighted by Gasteiger charge is -2.23. The monoisotopic (exact) mass is 403 g/mol. The number of carbonyl (C=O) groups excluding carboxylic acids is 2. The summed E-state index contributed by atoms with van der Waals surface area (Å²) >= 11 is 1.44. The van der Waals surface area contributed by atoms with Crippen molar-refractivity contribution in [1.82, 2.24) is 0 Å². The fraction of sp³-hybridized carbons (Fsp3) is 0.571. The smallest absolute Gasteiger partial charge is 0.341 e. The molecule has 1 aromatic rings. The van der Waals surface area contributed by atoms with E-state index < -0.39 is 23.8 Å². The van der Waals surface area contributed by atoms with Crippen LogP contribution < -0.4 is 5.32 Å². The maximum Gasteiger partial charge on any atom is 0.341 e. The molecule has 28 heavy (non-hydrogen) atoms. The number of carbonyl (C=O) groups is 3. The Kier molecular flexibility index (Phi) is 5.04. The molecule has 3 aliphatic carbocycles. The maximum absolute atomic E-state index is 13.1. The van der Waals surface area contributed by atoms with Crippen LogP contribution in [-0.4, -0.2) is 30.1 Å². The Labute approximate surface area is 168 Å². The molecule has 0 radical (unpaired) electrons. The second-order valence-electron chi connectivity index (χ2n) is 8.04. The summed E-state index contributed by atoms with van der Waals surface area (Å²) < 4.78 is 4.98. The van der Waals surface area contributed by atoms with Gasteiger partial charge in [0.2, 0.25) is 5.91 Å². The number of ether oxygens (including phenoxy) is 1. The number of esters is 1. The van der Waals surface area contributed by atoms with Crippen LogP contribution in [0.1, 0.15) is 47.0 Å². The molecular formula is C21H25NO5S. The normalized spacial score (nSPS) is 30.1. The molecule has 0 aromatic carbocycles. The number of hydrogen-bond donors (Lipinski definition) is 2. The van der Waals surface area contributed by atoms with Crippen molar-refractivity contribution in [3.8, 4) is 0 Å². The highest BCUT2D eigenvalue weighted by Crippen LogP contribution is 2.49. The summed E-state index contributed by atoms with van der Waals surface area (Å²) in [6, 6.07) is 0. The Hall–Kier alpha value is -2.15. The molecule has 0 aliphatic heterocycles. The predicted molar refractivity (Wildman–Crippen MR) is 105 cm³/mol. The van der Waals surface area contributed by atoms with Gasteiger partial charge in [-0.2, -0.15) is 0 Å². The Balaban J connectivity index is 1.63. The molecule has 6 nitrogen and oxygen atoms in total. The van der Waals surface area contributed by atoms with Crippen LogP contribution in [0.5, 0.6) is 0 Å². The lowest BCUT2D eigenvalue weighted by Crippen LogP contribution is -2.36. The number of amides is 1. The molecule has 2 N–H and O–H groups in total. The van der Waals surface area contributed by atoms with E-state index in [4.69, 9.17) is 4.74 Å². The predicted octanol–water partition coefficient (Wildman–Crippen LogP) is 3.51. The fourth-order valence-corrected chi connectivity index (χ4v) is 6.47. The second-order valence-corrected chi connectivity index (χ2v) is 9.15. The highest BCUT2D eigenvalue weighted by Gasteiger charge is 2.51. The van der Waals surface area contributed by atoms with E-state index in [1.807, 2.05) is 12.2 Å². The minimum absolute atomic E-state index is 0.0493. The molecule has 0 saturated heterocycles. The van der Waals surface area contributed by atoms with Crippen LogP contribution in [0.25, 0.3) is 0 Å². The van der Waals surface area contributed by atoms with Crippen molar-refractivity contribution in [3.05, 3.63) is 28.2 Å². The zero-order chi connectivity index (χ0) is 20.0. The minimum atomic E-state index is -0.929. The average molecular weight is 404 g/mol. The molecule has 1 amide bonds. The molecule has 1 saturated carbocycles. The van der Waals surface area contributed by atoms with Crippen molar-refractivity contribution in [2.24, 2.45) is 29.6 Å². The number of methoxy groups -OCH3 is 1. The number of thiophene rings is 1. The van der Waals surface area contributed by atoms with E-state index in [-0.39, 0.29) is 17.7 Å². The first-order chi connectivity index (χ1) is 13.4. The summed E-state index contributed by atoms with van der Waals surface area (Å²) in [7, 11) is 1.34. The zero-order valence-corrected chi connectivity index (χ0v) is 16.9. The fourth-order valence-electron chi connectivity index (χ4n) is 5.12. The van der Waals surface area contributed by atoms with Gasteiger partial charge in [-0.15, -0.1) is 11.3 Å². The van der Waals surface area contributed by atoms with Gasteiger partial charge in [-0.3, -0.25) is 9.59 Å². The van der Waals surface area contributed by atoms with Crippen molar-refractivity contribution < 1.29 is 24.2 Å². The molecule has 0 spiro atoms. The van der Waals surface area contributed by atoms with Gasteiger partial charge in [0, 0.05) is 4.88 Å². The summed E-state index contributed by atoms with van der Waals surface area (Å²) in [6.07, 6.45) is 8.41. The molecule has 4 rings (SSSR count). The van der Waals surface area contributed by atoms with Gasteiger partial charge >= 0.3 is 11.9 Å². The van der Waals surface area contributed by atoms with Crippen LogP contribution in [-0.2, 0) is 27.2 Å². The standard InChI is InChI=1S/C21H25NO5S/c1-3-10-4-7-13-14(8-10)28-19(17(13)21(26)27-2)22-18(23)15-11-5-6-12(9-11)16(15)20(24)25/h5-6,10-12,15-16H,3-4,7-9H2,1-2H3,(H,22,23)(H,24,25)/t10-,11+,12+,15-,16-/m1/s1. The summed E-state index contributed by atoms with van der Waals surface area (Å²) in [5, 5.41) is 13.0. The molecule has 1 fully saturated rings. The Morgan fingerprint density at radius 1 is 1.25 bits per heavy atom. The number of hydrogen-bond acceptors (Lipinski definition) is 5. The number of nitrogens with one attached hydrogen (secondary N) is 1. The first-order valence-electron chi connectivity index (χ1n) is 9.89. The molecule has 150 valence electrons. The molecule has 3 aliphatic rings. The van der Waals surface area contributed by atoms with Gasteiger partial charge in [-0.25, -0.2) is 4.79 Å². The van der Waals surface area contributed by atoms with Gasteiger partial charge in [0.1, 0.15) is 5.00 Å². The van der Waals surface area contributed by atoms with Crippen molar-refractivity contribution in [1.29, 1.82) is 0 Å². The van der Waals surface area contributed by atoms with Crippen molar-refractivity contribution in [2.75, 3.05) is 12.4 Å². The summed E-state index contributed by atoms with van der Waals surface area (Å²) in [6.45, 7) is 2.17. The number of anilines is 1. The Bertz CT molecular complexity index is 857. The maximum atomic E-state index is 13.1. The van der Waals surface area contributed by atoms with Crippen molar-refractivity contribution >= 4 is 34.2 Å². The Morgan fingerprint density at radius 3 is 2.61 bits per heavy atom. The number of rotatable bonds is 5. The third-order valence-corrected chi connectivity index (χ3v) is 7.79. The summed E-state index contributed by atoms with van der Waals surface area (Å²) in [4.78, 5) is 38.4. The number of carboxylic acids is 1. The highest BCUT2D eigenvalue weighted by atomic mass is 32.1. The highest BCUT2D eigenvalue weighted by molar-refractivity contribution is 7.17. The first kappa shape index (κ1) is 19.2. The third-order valence-electron chi connectivity index (χ3n) is 6.62. The molecule has 0 unspecified atom stereocenters. The first-order valence-corrected chi connectivity index (χ1v) is 10.7. The molecule has 7 heteroatoms. The van der Waals surface area contributed by atoms with Crippen molar-refractivity contribution in [3.63, 3.8) is 0 Å². The minimum Gasteiger partial charge on any atom is -0.481 e. The van der Waals surface area contributed by atoms with E-state index in [2.05, 4.69) is 12.2 Å². The average Bonchev–Trinajstić information content (AvgIpc) is 3.38. The van der Waals surface area contributed by atoms with E-state index in [1.165, 1.54) is 18.4 Å². The second kappa shape index (κ2) is 7.35. The van der Waals surface area contributed by atoms with Gasteiger partial charge < -0.3 is 15.2 Å². The van der Waals surface area contributed by atoms with Crippen LogP contribution in [0.15, 0.2) is 12.2 Å². The SMILES string of the molecule is CC[C@@H]1CCc2c(sc(NC(=O)[C@H]3[C@H](C(=O)O)[C@H]4C=C[C@H]3C4)c2C(=O)OC)C1. The topological polar surface area (TPSA) is 92.7 Å². The number of aliphatic carboxylic acids is 1. The Morgan fingerprint density at radius 2 is 1.96 bits per heavy atom. The largest absolute Gasteiger partial charge is 0.481 e. The van der Waals surface area contributed by atoms with Gasteiger partial charge in [-0.05, 0) is 49.0 Å².